The molecule has 0 saturated heterocycles. The first kappa shape index (κ1) is 19.3. The molecule has 0 heterocycles. The van der Waals surface area contributed by atoms with E-state index in [9.17, 15) is 19.8 Å². The number of ether oxygens (including phenoxy) is 1. The van der Waals surface area contributed by atoms with Crippen LogP contribution in [0.2, 0.25) is 0 Å². The number of rotatable bonds is 7. The number of aromatic hydroxyl groups is 2. The monoisotopic (exact) mass is 357 g/mol. The Bertz CT molecular complexity index is 738. The molecule has 0 aliphatic heterocycles. The van der Waals surface area contributed by atoms with Crippen molar-refractivity contribution < 1.29 is 24.5 Å². The third-order valence-electron chi connectivity index (χ3n) is 3.65. The molecule has 2 aromatic rings. The van der Waals surface area contributed by atoms with Gasteiger partial charge in [0.2, 0.25) is 5.91 Å². The smallest absolute Gasteiger partial charge is 0.329 e. The van der Waals surface area contributed by atoms with Gasteiger partial charge in [0.15, 0.2) is 0 Å². The summed E-state index contributed by atoms with van der Waals surface area (Å²) in [7, 11) is 0. The maximum atomic E-state index is 12.3. The van der Waals surface area contributed by atoms with Crippen LogP contribution >= 0.6 is 0 Å². The fourth-order valence-electron chi connectivity index (χ4n) is 2.42. The Morgan fingerprint density at radius 3 is 1.92 bits per heavy atom. The van der Waals surface area contributed by atoms with Gasteiger partial charge in [0, 0.05) is 6.42 Å². The van der Waals surface area contributed by atoms with E-state index in [1.54, 1.807) is 38.1 Å². The van der Waals surface area contributed by atoms with Gasteiger partial charge in [-0.05, 0) is 49.2 Å². The number of phenolic OH excluding ortho intramolecular Hbond substituents is 2. The van der Waals surface area contributed by atoms with Crippen LogP contribution in [0.5, 0.6) is 11.5 Å². The molecule has 6 heteroatoms. The van der Waals surface area contributed by atoms with Gasteiger partial charge < -0.3 is 20.3 Å². The molecule has 0 fully saturated rings. The average Bonchev–Trinajstić information content (AvgIpc) is 2.57. The summed E-state index contributed by atoms with van der Waals surface area (Å²) in [6.07, 6.45) is 0.0490. The fourth-order valence-corrected chi connectivity index (χ4v) is 2.42. The van der Waals surface area contributed by atoms with Gasteiger partial charge in [-0.3, -0.25) is 4.79 Å². The summed E-state index contributed by atoms with van der Waals surface area (Å²) < 4.78 is 5.24. The molecule has 0 spiro atoms. The highest BCUT2D eigenvalue weighted by Gasteiger charge is 2.23. The van der Waals surface area contributed by atoms with Crippen molar-refractivity contribution in [2.24, 2.45) is 0 Å². The standard InChI is InChI=1S/C20H23NO5/c1-13(2)26-20(25)18(11-14-3-7-16(22)8-4-14)21-19(24)12-15-5-9-17(23)10-6-15/h3-10,13,18,22-23H,11-12H2,1-2H3,(H,21,24). The second-order valence-electron chi connectivity index (χ2n) is 6.32. The molecule has 0 saturated carbocycles. The van der Waals surface area contributed by atoms with Crippen molar-refractivity contribution in [3.05, 3.63) is 59.7 Å². The highest BCUT2D eigenvalue weighted by atomic mass is 16.5. The summed E-state index contributed by atoms with van der Waals surface area (Å²) in [5, 5.41) is 21.4. The van der Waals surface area contributed by atoms with Crippen molar-refractivity contribution in [3.8, 4) is 11.5 Å². The Morgan fingerprint density at radius 2 is 1.42 bits per heavy atom. The third kappa shape index (κ3) is 6.12. The van der Waals surface area contributed by atoms with E-state index < -0.39 is 12.0 Å². The number of benzene rings is 2. The molecule has 1 amide bonds. The highest BCUT2D eigenvalue weighted by Crippen LogP contribution is 2.13. The minimum absolute atomic E-state index is 0.0846. The number of carbonyl (C=O) groups is 2. The van der Waals surface area contributed by atoms with Crippen molar-refractivity contribution in [1.29, 1.82) is 0 Å². The number of esters is 1. The van der Waals surface area contributed by atoms with Crippen LogP contribution in [0.1, 0.15) is 25.0 Å². The Balaban J connectivity index is 2.06. The van der Waals surface area contributed by atoms with E-state index >= 15 is 0 Å². The molecular formula is C20H23NO5. The first-order valence-electron chi connectivity index (χ1n) is 8.39. The normalized spacial score (nSPS) is 11.8. The maximum Gasteiger partial charge on any atom is 0.329 e. The molecule has 0 aliphatic carbocycles. The fraction of sp³-hybridized carbons (Fsp3) is 0.300. The van der Waals surface area contributed by atoms with Crippen molar-refractivity contribution in [3.63, 3.8) is 0 Å². The van der Waals surface area contributed by atoms with Crippen molar-refractivity contribution in [2.45, 2.75) is 38.8 Å². The molecule has 0 aliphatic rings. The molecule has 0 bridgehead atoms. The van der Waals surface area contributed by atoms with Gasteiger partial charge in [-0.1, -0.05) is 24.3 Å². The van der Waals surface area contributed by atoms with Gasteiger partial charge in [0.1, 0.15) is 17.5 Å². The van der Waals surface area contributed by atoms with Crippen LogP contribution in [0.4, 0.5) is 0 Å². The lowest BCUT2D eigenvalue weighted by Crippen LogP contribution is -2.44. The van der Waals surface area contributed by atoms with E-state index in [2.05, 4.69) is 5.32 Å². The van der Waals surface area contributed by atoms with Gasteiger partial charge in [0.05, 0.1) is 12.5 Å². The van der Waals surface area contributed by atoms with Crippen molar-refractivity contribution >= 4 is 11.9 Å². The zero-order valence-electron chi connectivity index (χ0n) is 14.8. The Kier molecular flexibility index (Phi) is 6.60. The molecule has 2 aromatic carbocycles. The molecule has 1 unspecified atom stereocenters. The van der Waals surface area contributed by atoms with E-state index in [0.29, 0.717) is 0 Å². The molecule has 3 N–H and O–H groups in total. The number of hydrogen-bond donors (Lipinski definition) is 3. The van der Waals surface area contributed by atoms with Crippen LogP contribution in [0, 0.1) is 0 Å². The number of phenols is 2. The molecule has 0 radical (unpaired) electrons. The number of nitrogens with one attached hydrogen (secondary N) is 1. The molecule has 26 heavy (non-hydrogen) atoms. The summed E-state index contributed by atoms with van der Waals surface area (Å²) in [6.45, 7) is 3.49. The Hall–Kier alpha value is -3.02. The highest BCUT2D eigenvalue weighted by molar-refractivity contribution is 5.86. The number of amides is 1. The first-order valence-corrected chi connectivity index (χ1v) is 8.39. The van der Waals surface area contributed by atoms with Crippen LogP contribution in [0.3, 0.4) is 0 Å². The first-order chi connectivity index (χ1) is 12.3. The van der Waals surface area contributed by atoms with E-state index in [-0.39, 0.29) is 36.4 Å². The van der Waals surface area contributed by atoms with Gasteiger partial charge in [-0.15, -0.1) is 0 Å². The SMILES string of the molecule is CC(C)OC(=O)C(Cc1ccc(O)cc1)NC(=O)Cc1ccc(O)cc1. The molecule has 1 atom stereocenters. The summed E-state index contributed by atoms with van der Waals surface area (Å²) >= 11 is 0. The van der Waals surface area contributed by atoms with Crippen molar-refractivity contribution in [1.82, 2.24) is 5.32 Å². The van der Waals surface area contributed by atoms with E-state index in [4.69, 9.17) is 4.74 Å². The maximum absolute atomic E-state index is 12.3. The summed E-state index contributed by atoms with van der Waals surface area (Å²) in [6, 6.07) is 11.9. The molecule has 2 rings (SSSR count). The Labute approximate surface area is 152 Å². The summed E-state index contributed by atoms with van der Waals surface area (Å²) in [5.41, 5.74) is 1.51. The predicted molar refractivity (Wildman–Crippen MR) is 96.8 cm³/mol. The van der Waals surface area contributed by atoms with Crippen molar-refractivity contribution in [2.75, 3.05) is 0 Å². The van der Waals surface area contributed by atoms with Gasteiger partial charge in [0.25, 0.3) is 0 Å². The second kappa shape index (κ2) is 8.89. The predicted octanol–water partition coefficient (Wildman–Crippen LogP) is 2.32. The molecule has 0 aromatic heterocycles. The van der Waals surface area contributed by atoms with Crippen LogP contribution in [-0.4, -0.2) is 34.2 Å². The third-order valence-corrected chi connectivity index (χ3v) is 3.65. The van der Waals surface area contributed by atoms with Gasteiger partial charge in [-0.25, -0.2) is 4.79 Å². The lowest BCUT2D eigenvalue weighted by molar-refractivity contribution is -0.151. The quantitative estimate of drug-likeness (QED) is 0.661. The topological polar surface area (TPSA) is 95.9 Å². The number of hydrogen-bond acceptors (Lipinski definition) is 5. The zero-order chi connectivity index (χ0) is 19.1. The zero-order valence-corrected chi connectivity index (χ0v) is 14.8. The molecule has 138 valence electrons. The molecular weight excluding hydrogens is 334 g/mol. The van der Waals surface area contributed by atoms with Crippen LogP contribution in [-0.2, 0) is 27.2 Å². The van der Waals surface area contributed by atoms with E-state index in [1.165, 1.54) is 24.3 Å². The second-order valence-corrected chi connectivity index (χ2v) is 6.32. The summed E-state index contributed by atoms with van der Waals surface area (Å²) in [5.74, 6) is -0.571. The summed E-state index contributed by atoms with van der Waals surface area (Å²) in [4.78, 5) is 24.7. The van der Waals surface area contributed by atoms with Crippen LogP contribution in [0.25, 0.3) is 0 Å². The van der Waals surface area contributed by atoms with Crippen LogP contribution < -0.4 is 5.32 Å². The van der Waals surface area contributed by atoms with E-state index in [1.807, 2.05) is 0 Å². The molecule has 6 nitrogen and oxygen atoms in total. The number of carbonyl (C=O) groups excluding carboxylic acids is 2. The van der Waals surface area contributed by atoms with Gasteiger partial charge in [-0.2, -0.15) is 0 Å². The van der Waals surface area contributed by atoms with E-state index in [0.717, 1.165) is 11.1 Å². The average molecular weight is 357 g/mol. The minimum atomic E-state index is -0.827. The Morgan fingerprint density at radius 1 is 0.923 bits per heavy atom. The minimum Gasteiger partial charge on any atom is -0.508 e. The van der Waals surface area contributed by atoms with Crippen LogP contribution in [0.15, 0.2) is 48.5 Å². The largest absolute Gasteiger partial charge is 0.508 e. The van der Waals surface area contributed by atoms with Gasteiger partial charge >= 0.3 is 5.97 Å². The lowest BCUT2D eigenvalue weighted by Gasteiger charge is -2.19. The lowest BCUT2D eigenvalue weighted by atomic mass is 10.0.